The zero-order chi connectivity index (χ0) is 17.2. The van der Waals surface area contributed by atoms with Gasteiger partial charge in [-0.3, -0.25) is 14.4 Å². The lowest BCUT2D eigenvalue weighted by Crippen LogP contribution is -2.38. The van der Waals surface area contributed by atoms with Crippen molar-refractivity contribution < 1.29 is 28.8 Å². The summed E-state index contributed by atoms with van der Waals surface area (Å²) >= 11 is 0. The van der Waals surface area contributed by atoms with E-state index in [1.165, 1.54) is 19.2 Å². The lowest BCUT2D eigenvalue weighted by molar-refractivity contribution is -0.180. The monoisotopic (exact) mass is 319 g/mol. The van der Waals surface area contributed by atoms with Crippen LogP contribution in [0.1, 0.15) is 47.4 Å². The molecule has 2 amide bonds. The molecule has 1 aromatic rings. The first-order valence-corrected chi connectivity index (χ1v) is 7.05. The number of benzene rings is 1. The molecule has 7 heteroatoms. The van der Waals surface area contributed by atoms with Crippen LogP contribution in [0.25, 0.3) is 0 Å². The van der Waals surface area contributed by atoms with Crippen molar-refractivity contribution in [3.63, 3.8) is 0 Å². The first kappa shape index (κ1) is 16.7. The Balaban J connectivity index is 2.08. The Hall–Kier alpha value is -2.70. The van der Waals surface area contributed by atoms with Crippen LogP contribution in [0.15, 0.2) is 24.3 Å². The zero-order valence-corrected chi connectivity index (χ0v) is 13.1. The van der Waals surface area contributed by atoms with Gasteiger partial charge in [0.2, 0.25) is 0 Å². The van der Waals surface area contributed by atoms with Crippen molar-refractivity contribution in [2.45, 2.75) is 26.7 Å². The van der Waals surface area contributed by atoms with Gasteiger partial charge in [-0.15, -0.1) is 0 Å². The molecule has 0 fully saturated rings. The second-order valence-electron chi connectivity index (χ2n) is 5.79. The minimum atomic E-state index is -1.05. The number of rotatable bonds is 5. The van der Waals surface area contributed by atoms with Crippen LogP contribution in [0.3, 0.4) is 0 Å². The summed E-state index contributed by atoms with van der Waals surface area (Å²) < 4.78 is 4.53. The highest BCUT2D eigenvalue weighted by Crippen LogP contribution is 2.28. The lowest BCUT2D eigenvalue weighted by atomic mass is 9.88. The SMILES string of the molecule is COC(=O)CCC(C)(C)C(=O)ON1C(=O)c2ccccc2C1=O. The topological polar surface area (TPSA) is 90.0 Å². The van der Waals surface area contributed by atoms with Crippen molar-refractivity contribution in [3.05, 3.63) is 35.4 Å². The maximum atomic E-state index is 12.2. The average molecular weight is 319 g/mol. The van der Waals surface area contributed by atoms with Gasteiger partial charge in [-0.25, -0.2) is 4.79 Å². The number of hydrogen-bond acceptors (Lipinski definition) is 6. The number of fused-ring (bicyclic) bond motifs is 1. The van der Waals surface area contributed by atoms with Crippen LogP contribution in [0.5, 0.6) is 0 Å². The molecule has 2 rings (SSSR count). The van der Waals surface area contributed by atoms with Crippen molar-refractivity contribution >= 4 is 23.8 Å². The van der Waals surface area contributed by atoms with Gasteiger partial charge < -0.3 is 9.57 Å². The molecule has 1 aromatic carbocycles. The van der Waals surface area contributed by atoms with Crippen molar-refractivity contribution in [1.29, 1.82) is 0 Å². The Labute approximate surface area is 133 Å². The molecule has 0 atom stereocenters. The van der Waals surface area contributed by atoms with Crippen LogP contribution in [-0.2, 0) is 19.2 Å². The average Bonchev–Trinajstić information content (AvgIpc) is 2.78. The Morgan fingerprint density at radius 1 is 1.09 bits per heavy atom. The predicted octanol–water partition coefficient (Wildman–Crippen LogP) is 1.72. The summed E-state index contributed by atoms with van der Waals surface area (Å²) in [6.45, 7) is 3.13. The van der Waals surface area contributed by atoms with E-state index >= 15 is 0 Å². The van der Waals surface area contributed by atoms with E-state index in [1.54, 1.807) is 26.0 Å². The normalized spacial score (nSPS) is 13.8. The Morgan fingerprint density at radius 3 is 2.09 bits per heavy atom. The number of methoxy groups -OCH3 is 1. The number of hydroxylamine groups is 2. The van der Waals surface area contributed by atoms with Crippen LogP contribution in [0, 0.1) is 5.41 Å². The van der Waals surface area contributed by atoms with E-state index in [0.717, 1.165) is 0 Å². The number of nitrogens with zero attached hydrogens (tertiary/aromatic N) is 1. The smallest absolute Gasteiger partial charge is 0.338 e. The van der Waals surface area contributed by atoms with Crippen LogP contribution in [0.4, 0.5) is 0 Å². The largest absolute Gasteiger partial charge is 0.469 e. The van der Waals surface area contributed by atoms with Crippen LogP contribution < -0.4 is 0 Å². The molecule has 0 saturated heterocycles. The van der Waals surface area contributed by atoms with Gasteiger partial charge in [0.25, 0.3) is 11.8 Å². The van der Waals surface area contributed by atoms with Crippen LogP contribution >= 0.6 is 0 Å². The highest BCUT2D eigenvalue weighted by atomic mass is 16.7. The molecule has 23 heavy (non-hydrogen) atoms. The van der Waals surface area contributed by atoms with Crippen molar-refractivity contribution in [1.82, 2.24) is 5.06 Å². The van der Waals surface area contributed by atoms with Gasteiger partial charge in [0.1, 0.15) is 0 Å². The number of ether oxygens (including phenoxy) is 1. The summed E-state index contributed by atoms with van der Waals surface area (Å²) in [5, 5.41) is 0.465. The predicted molar refractivity (Wildman–Crippen MR) is 78.1 cm³/mol. The Kier molecular flexibility index (Phi) is 4.49. The van der Waals surface area contributed by atoms with E-state index in [-0.39, 0.29) is 24.0 Å². The molecule has 1 aliphatic heterocycles. The van der Waals surface area contributed by atoms with Crippen LogP contribution in [0.2, 0.25) is 0 Å². The first-order valence-electron chi connectivity index (χ1n) is 7.05. The lowest BCUT2D eigenvalue weighted by Gasteiger charge is -2.23. The molecule has 122 valence electrons. The molecular formula is C16H17NO6. The van der Waals surface area contributed by atoms with Crippen molar-refractivity contribution in [2.75, 3.05) is 7.11 Å². The number of esters is 1. The molecule has 1 aliphatic rings. The molecule has 0 radical (unpaired) electrons. The second-order valence-corrected chi connectivity index (χ2v) is 5.79. The minimum Gasteiger partial charge on any atom is -0.469 e. The third kappa shape index (κ3) is 3.23. The van der Waals surface area contributed by atoms with Crippen molar-refractivity contribution in [3.8, 4) is 0 Å². The Morgan fingerprint density at radius 2 is 1.61 bits per heavy atom. The molecule has 7 nitrogen and oxygen atoms in total. The van der Waals surface area contributed by atoms with Gasteiger partial charge in [-0.1, -0.05) is 17.2 Å². The third-order valence-corrected chi connectivity index (χ3v) is 3.67. The summed E-state index contributed by atoms with van der Waals surface area (Å²) in [7, 11) is 1.26. The zero-order valence-electron chi connectivity index (χ0n) is 13.1. The molecule has 0 aromatic heterocycles. The Bertz CT molecular complexity index is 644. The molecule has 1 heterocycles. The molecule has 0 aliphatic carbocycles. The summed E-state index contributed by atoms with van der Waals surface area (Å²) in [4.78, 5) is 52.7. The fourth-order valence-electron chi connectivity index (χ4n) is 2.08. The highest BCUT2D eigenvalue weighted by molar-refractivity contribution is 6.20. The maximum absolute atomic E-state index is 12.2. The van der Waals surface area contributed by atoms with E-state index in [4.69, 9.17) is 4.84 Å². The minimum absolute atomic E-state index is 0.0285. The van der Waals surface area contributed by atoms with Gasteiger partial charge in [0.15, 0.2) is 0 Å². The van der Waals surface area contributed by atoms with Gasteiger partial charge in [-0.05, 0) is 32.4 Å². The van der Waals surface area contributed by atoms with E-state index in [0.29, 0.717) is 5.06 Å². The number of carbonyl (C=O) groups excluding carboxylic acids is 4. The van der Waals surface area contributed by atoms with E-state index in [1.807, 2.05) is 0 Å². The molecular weight excluding hydrogens is 302 g/mol. The van der Waals surface area contributed by atoms with Gasteiger partial charge >= 0.3 is 11.9 Å². The molecule has 0 bridgehead atoms. The number of carbonyl (C=O) groups is 4. The van der Waals surface area contributed by atoms with Crippen molar-refractivity contribution in [2.24, 2.45) is 5.41 Å². The molecule has 0 unspecified atom stereocenters. The summed E-state index contributed by atoms with van der Waals surface area (Å²) in [5.41, 5.74) is -0.667. The van der Waals surface area contributed by atoms with E-state index < -0.39 is 29.2 Å². The van der Waals surface area contributed by atoms with Gasteiger partial charge in [0, 0.05) is 6.42 Å². The number of hydrogen-bond donors (Lipinski definition) is 0. The number of imide groups is 1. The maximum Gasteiger partial charge on any atom is 0.338 e. The quantitative estimate of drug-likeness (QED) is 0.606. The summed E-state index contributed by atoms with van der Waals surface area (Å²) in [5.74, 6) is -2.58. The molecule has 0 spiro atoms. The fourth-order valence-corrected chi connectivity index (χ4v) is 2.08. The van der Waals surface area contributed by atoms with Gasteiger partial charge in [-0.2, -0.15) is 0 Å². The van der Waals surface area contributed by atoms with E-state index in [2.05, 4.69) is 4.74 Å². The molecule has 0 saturated carbocycles. The van der Waals surface area contributed by atoms with Crippen LogP contribution in [-0.4, -0.2) is 35.9 Å². The van der Waals surface area contributed by atoms with E-state index in [9.17, 15) is 19.2 Å². The fraction of sp³-hybridized carbons (Fsp3) is 0.375. The summed E-state index contributed by atoms with van der Waals surface area (Å²) in [6.07, 6.45) is 0.197. The first-order chi connectivity index (χ1) is 10.8. The third-order valence-electron chi connectivity index (χ3n) is 3.67. The summed E-state index contributed by atoms with van der Waals surface area (Å²) in [6, 6.07) is 6.23. The standard InChI is InChI=1S/C16H17NO6/c1-16(2,9-8-12(18)22-3)15(21)23-17-13(19)10-6-4-5-7-11(10)14(17)20/h4-7H,8-9H2,1-3H3. The number of amides is 2. The molecule has 0 N–H and O–H groups in total. The highest BCUT2D eigenvalue weighted by Gasteiger charge is 2.41. The second kappa shape index (κ2) is 6.20. The van der Waals surface area contributed by atoms with Gasteiger partial charge in [0.05, 0.1) is 23.7 Å².